The summed E-state index contributed by atoms with van der Waals surface area (Å²) in [5.41, 5.74) is 1.85. The Kier molecular flexibility index (Phi) is 5.69. The van der Waals surface area contributed by atoms with Gasteiger partial charge in [-0.2, -0.15) is 5.10 Å². The SMILES string of the molecule is Oc1c(Br)cc(Br)cc1C=NN1CCN(c2ccc(Cl)cc2)CC1. The minimum atomic E-state index is 0.196. The number of anilines is 1. The third kappa shape index (κ3) is 4.23. The van der Waals surface area contributed by atoms with Crippen molar-refractivity contribution in [3.63, 3.8) is 0 Å². The standard InChI is InChI=1S/C17H16Br2ClN3O/c18-13-9-12(17(24)16(19)10-13)11-21-23-7-5-22(6-8-23)15-3-1-14(20)2-4-15/h1-4,9-11,24H,5-8H2. The highest BCUT2D eigenvalue weighted by atomic mass is 79.9. The smallest absolute Gasteiger partial charge is 0.138 e. The van der Waals surface area contributed by atoms with Gasteiger partial charge in [0.05, 0.1) is 23.8 Å². The third-order valence-electron chi connectivity index (χ3n) is 3.87. The maximum Gasteiger partial charge on any atom is 0.138 e. The van der Waals surface area contributed by atoms with Crippen molar-refractivity contribution >= 4 is 55.4 Å². The van der Waals surface area contributed by atoms with Crippen LogP contribution in [0.5, 0.6) is 5.75 Å². The van der Waals surface area contributed by atoms with Crippen molar-refractivity contribution in [1.82, 2.24) is 5.01 Å². The molecule has 1 fully saturated rings. The molecule has 1 aliphatic heterocycles. The van der Waals surface area contributed by atoms with Gasteiger partial charge in [0, 0.05) is 33.8 Å². The van der Waals surface area contributed by atoms with Crippen LogP contribution in [0.3, 0.4) is 0 Å². The minimum absolute atomic E-state index is 0.196. The summed E-state index contributed by atoms with van der Waals surface area (Å²) in [4.78, 5) is 2.31. The van der Waals surface area contributed by atoms with E-state index in [0.717, 1.165) is 35.7 Å². The molecule has 126 valence electrons. The second kappa shape index (κ2) is 7.76. The van der Waals surface area contributed by atoms with E-state index in [-0.39, 0.29) is 5.75 Å². The Morgan fingerprint density at radius 1 is 1.04 bits per heavy atom. The Hall–Kier alpha value is -1.24. The average Bonchev–Trinajstić information content (AvgIpc) is 2.58. The number of halogens is 3. The van der Waals surface area contributed by atoms with Crippen LogP contribution in [0.15, 0.2) is 50.4 Å². The molecule has 3 rings (SSSR count). The molecular weight excluding hydrogens is 457 g/mol. The summed E-state index contributed by atoms with van der Waals surface area (Å²) in [5, 5.41) is 17.3. The number of hydrogen-bond acceptors (Lipinski definition) is 4. The summed E-state index contributed by atoms with van der Waals surface area (Å²) in [6, 6.07) is 11.5. The van der Waals surface area contributed by atoms with E-state index in [2.05, 4.69) is 41.9 Å². The van der Waals surface area contributed by atoms with Crippen molar-refractivity contribution in [2.75, 3.05) is 31.1 Å². The zero-order chi connectivity index (χ0) is 17.1. The van der Waals surface area contributed by atoms with E-state index in [1.807, 2.05) is 35.3 Å². The number of phenolic OH excluding ortho intramolecular Hbond substituents is 1. The highest BCUT2D eigenvalue weighted by Gasteiger charge is 2.16. The maximum absolute atomic E-state index is 10.1. The van der Waals surface area contributed by atoms with Crippen LogP contribution in [-0.4, -0.2) is 42.5 Å². The molecule has 0 radical (unpaired) electrons. The van der Waals surface area contributed by atoms with Gasteiger partial charge in [0.15, 0.2) is 0 Å². The van der Waals surface area contributed by atoms with Crippen LogP contribution in [0.1, 0.15) is 5.56 Å². The highest BCUT2D eigenvalue weighted by Crippen LogP contribution is 2.30. The van der Waals surface area contributed by atoms with Crippen molar-refractivity contribution in [2.45, 2.75) is 0 Å². The Balaban J connectivity index is 1.62. The van der Waals surface area contributed by atoms with Crippen molar-refractivity contribution in [3.8, 4) is 5.75 Å². The lowest BCUT2D eigenvalue weighted by atomic mass is 10.2. The third-order valence-corrected chi connectivity index (χ3v) is 5.18. The first-order valence-corrected chi connectivity index (χ1v) is 9.47. The van der Waals surface area contributed by atoms with Crippen molar-refractivity contribution in [1.29, 1.82) is 0 Å². The summed E-state index contributed by atoms with van der Waals surface area (Å²) in [6.07, 6.45) is 1.70. The van der Waals surface area contributed by atoms with Crippen molar-refractivity contribution in [3.05, 3.63) is 55.9 Å². The number of benzene rings is 2. The first-order chi connectivity index (χ1) is 11.5. The summed E-state index contributed by atoms with van der Waals surface area (Å²) in [5.74, 6) is 0.196. The summed E-state index contributed by atoms with van der Waals surface area (Å²) in [6.45, 7) is 3.45. The fourth-order valence-electron chi connectivity index (χ4n) is 2.55. The Morgan fingerprint density at radius 3 is 2.38 bits per heavy atom. The van der Waals surface area contributed by atoms with E-state index in [9.17, 15) is 5.11 Å². The first-order valence-electron chi connectivity index (χ1n) is 7.50. The lowest BCUT2D eigenvalue weighted by molar-refractivity contribution is 0.272. The maximum atomic E-state index is 10.1. The van der Waals surface area contributed by atoms with E-state index in [0.29, 0.717) is 10.0 Å². The molecule has 0 aliphatic carbocycles. The van der Waals surface area contributed by atoms with E-state index in [4.69, 9.17) is 11.6 Å². The van der Waals surface area contributed by atoms with Gasteiger partial charge in [0.1, 0.15) is 5.75 Å². The summed E-state index contributed by atoms with van der Waals surface area (Å²) >= 11 is 12.7. The van der Waals surface area contributed by atoms with Gasteiger partial charge >= 0.3 is 0 Å². The normalized spacial score (nSPS) is 15.3. The van der Waals surface area contributed by atoms with Crippen molar-refractivity contribution < 1.29 is 5.11 Å². The van der Waals surface area contributed by atoms with Crippen LogP contribution < -0.4 is 4.90 Å². The molecule has 7 heteroatoms. The summed E-state index contributed by atoms with van der Waals surface area (Å²) < 4.78 is 1.53. The number of phenols is 1. The van der Waals surface area contributed by atoms with Crippen LogP contribution in [0.4, 0.5) is 5.69 Å². The quantitative estimate of drug-likeness (QED) is 0.656. The van der Waals surface area contributed by atoms with Crippen molar-refractivity contribution in [2.24, 2.45) is 5.10 Å². The molecule has 0 spiro atoms. The van der Waals surface area contributed by atoms with Gasteiger partial charge in [-0.05, 0) is 52.3 Å². The fraction of sp³-hybridized carbons (Fsp3) is 0.235. The molecule has 2 aromatic rings. The number of piperazine rings is 1. The zero-order valence-electron chi connectivity index (χ0n) is 12.8. The number of rotatable bonds is 3. The van der Waals surface area contributed by atoms with Crippen LogP contribution in [0.2, 0.25) is 5.02 Å². The van der Waals surface area contributed by atoms with Gasteiger partial charge in [-0.25, -0.2) is 0 Å². The number of hydrogen-bond donors (Lipinski definition) is 1. The predicted molar refractivity (Wildman–Crippen MR) is 106 cm³/mol. The first kappa shape index (κ1) is 17.6. The van der Waals surface area contributed by atoms with Crippen LogP contribution in [0, 0.1) is 0 Å². The van der Waals surface area contributed by atoms with Gasteiger partial charge < -0.3 is 10.0 Å². The molecule has 4 nitrogen and oxygen atoms in total. The molecular formula is C17H16Br2ClN3O. The Labute approximate surface area is 163 Å². The number of aromatic hydroxyl groups is 1. The molecule has 24 heavy (non-hydrogen) atoms. The van der Waals surface area contributed by atoms with E-state index in [1.54, 1.807) is 12.3 Å². The molecule has 1 aliphatic rings. The largest absolute Gasteiger partial charge is 0.506 e. The summed E-state index contributed by atoms with van der Waals surface area (Å²) in [7, 11) is 0. The monoisotopic (exact) mass is 471 g/mol. The van der Waals surface area contributed by atoms with Gasteiger partial charge in [-0.3, -0.25) is 5.01 Å². The van der Waals surface area contributed by atoms with Crippen LogP contribution in [0.25, 0.3) is 0 Å². The molecule has 2 aromatic carbocycles. The Morgan fingerprint density at radius 2 is 1.71 bits per heavy atom. The Bertz CT molecular complexity index is 744. The van der Waals surface area contributed by atoms with Crippen LogP contribution in [-0.2, 0) is 0 Å². The fourth-order valence-corrected chi connectivity index (χ4v) is 3.93. The average molecular weight is 474 g/mol. The predicted octanol–water partition coefficient (Wildman–Crippen LogP) is 4.73. The lowest BCUT2D eigenvalue weighted by Crippen LogP contribution is -2.44. The topological polar surface area (TPSA) is 39.1 Å². The zero-order valence-corrected chi connectivity index (χ0v) is 16.7. The molecule has 0 aromatic heterocycles. The van der Waals surface area contributed by atoms with Gasteiger partial charge in [-0.1, -0.05) is 27.5 Å². The molecule has 0 unspecified atom stereocenters. The van der Waals surface area contributed by atoms with E-state index >= 15 is 0 Å². The van der Waals surface area contributed by atoms with Gasteiger partial charge in [0.2, 0.25) is 0 Å². The highest BCUT2D eigenvalue weighted by molar-refractivity contribution is 9.11. The molecule has 0 amide bonds. The minimum Gasteiger partial charge on any atom is -0.506 e. The molecule has 0 atom stereocenters. The number of nitrogens with zero attached hydrogens (tertiary/aromatic N) is 3. The second-order valence-corrected chi connectivity index (χ2v) is 7.69. The van der Waals surface area contributed by atoms with Gasteiger partial charge in [0.25, 0.3) is 0 Å². The van der Waals surface area contributed by atoms with E-state index in [1.165, 1.54) is 5.69 Å². The van der Waals surface area contributed by atoms with E-state index < -0.39 is 0 Å². The number of hydrazone groups is 1. The molecule has 0 bridgehead atoms. The lowest BCUT2D eigenvalue weighted by Gasteiger charge is -2.34. The second-order valence-electron chi connectivity index (χ2n) is 5.49. The van der Waals surface area contributed by atoms with Gasteiger partial charge in [-0.15, -0.1) is 0 Å². The molecule has 1 N–H and O–H groups in total. The molecule has 0 saturated carbocycles. The molecule has 1 saturated heterocycles. The van der Waals surface area contributed by atoms with Crippen LogP contribution >= 0.6 is 43.5 Å². The molecule has 1 heterocycles.